The van der Waals surface area contributed by atoms with Crippen LogP contribution in [0.1, 0.15) is 92.7 Å². The zero-order chi connectivity index (χ0) is 42.5. The SMILES string of the molecule is [2H]c1c([2H])c([2H])c(N2c3cc(C(C)(C)C)ccc3B3c4c2cc(C(C)(C)C)cc4N(c2c([2H])c([2H])c([2H])c([2H])c2[2H])c2cc(C(C)(C)C)c4sccc4c23)c([2H])c1[2H]. The number of thiophene rings is 1. The number of hydrogen-bond acceptors (Lipinski definition) is 3. The molecule has 5 aromatic carbocycles. The van der Waals surface area contributed by atoms with Crippen LogP contribution >= 0.6 is 11.3 Å². The molecular weight excluding hydrogens is 599 g/mol. The molecule has 4 heteroatoms. The second-order valence-electron chi connectivity index (χ2n) is 16.0. The fourth-order valence-corrected chi connectivity index (χ4v) is 8.41. The van der Waals surface area contributed by atoms with Crippen molar-refractivity contribution in [2.24, 2.45) is 0 Å². The summed E-state index contributed by atoms with van der Waals surface area (Å²) in [5.41, 5.74) is 6.88. The molecule has 0 saturated heterocycles. The summed E-state index contributed by atoms with van der Waals surface area (Å²) in [6.45, 7) is 18.6. The van der Waals surface area contributed by atoms with Gasteiger partial charge < -0.3 is 9.80 Å². The Morgan fingerprint density at radius 2 is 1.08 bits per heavy atom. The first-order valence-corrected chi connectivity index (χ1v) is 17.4. The van der Waals surface area contributed by atoms with Gasteiger partial charge in [0.15, 0.2) is 0 Å². The molecule has 240 valence electrons. The Labute approximate surface area is 305 Å². The van der Waals surface area contributed by atoms with E-state index in [1.807, 2.05) is 21.9 Å². The van der Waals surface area contributed by atoms with Gasteiger partial charge in [-0.05, 0) is 115 Å². The highest BCUT2D eigenvalue weighted by molar-refractivity contribution is 7.18. The monoisotopic (exact) mass is 654 g/mol. The van der Waals surface area contributed by atoms with E-state index in [0.29, 0.717) is 22.7 Å². The molecule has 0 amide bonds. The largest absolute Gasteiger partial charge is 0.311 e. The Kier molecular flexibility index (Phi) is 4.78. The fourth-order valence-electron chi connectivity index (χ4n) is 7.27. The average molecular weight is 655 g/mol. The van der Waals surface area contributed by atoms with Crippen LogP contribution < -0.4 is 26.2 Å². The third kappa shape index (κ3) is 4.75. The molecule has 0 N–H and O–H groups in total. The zero-order valence-corrected chi connectivity index (χ0v) is 29.8. The van der Waals surface area contributed by atoms with Crippen molar-refractivity contribution in [3.63, 3.8) is 0 Å². The quantitative estimate of drug-likeness (QED) is 0.171. The number of hydrogen-bond donors (Lipinski definition) is 0. The molecule has 0 unspecified atom stereocenters. The Bertz CT molecular complexity index is 2700. The van der Waals surface area contributed by atoms with Crippen LogP contribution in [-0.2, 0) is 16.2 Å². The van der Waals surface area contributed by atoms with E-state index < -0.39 is 48.4 Å². The molecule has 0 spiro atoms. The summed E-state index contributed by atoms with van der Waals surface area (Å²) in [5, 5.41) is 3.05. The van der Waals surface area contributed by atoms with Crippen molar-refractivity contribution >= 4 is 78.6 Å². The Hall–Kier alpha value is -4.28. The van der Waals surface area contributed by atoms with Gasteiger partial charge in [0.1, 0.15) is 0 Å². The fraction of sp³-hybridized carbons (Fsp3) is 0.273. The molecule has 48 heavy (non-hydrogen) atoms. The van der Waals surface area contributed by atoms with Crippen molar-refractivity contribution in [3.8, 4) is 0 Å². The van der Waals surface area contributed by atoms with Gasteiger partial charge in [0.2, 0.25) is 0 Å². The van der Waals surface area contributed by atoms with Gasteiger partial charge in [-0.15, -0.1) is 11.3 Å². The van der Waals surface area contributed by atoms with Crippen molar-refractivity contribution in [1.82, 2.24) is 0 Å². The number of rotatable bonds is 2. The predicted molar refractivity (Wildman–Crippen MR) is 212 cm³/mol. The average Bonchev–Trinajstić information content (AvgIpc) is 3.64. The summed E-state index contributed by atoms with van der Waals surface area (Å²) in [5.74, 6) is 0. The third-order valence-corrected chi connectivity index (χ3v) is 10.7. The molecule has 0 fully saturated rings. The second-order valence-corrected chi connectivity index (χ2v) is 16.9. The Balaban J connectivity index is 1.65. The molecule has 3 heterocycles. The molecule has 0 aliphatic carbocycles. The standard InChI is InChI=1S/C44H45BN2S/c1-42(2,3)28-20-21-34-35(24-28)46(30-16-12-10-13-17-30)36-25-29(43(4,5)6)26-37-40(36)45(34)39-32-22-23-48-41(32)33(44(7,8)9)27-38(39)47(37)31-18-14-11-15-19-31/h10-27H,1-9H3/i10D,11D,12D,13D,14D,15D,16D,17D,18D,19D. The van der Waals surface area contributed by atoms with Gasteiger partial charge in [-0.3, -0.25) is 0 Å². The van der Waals surface area contributed by atoms with Gasteiger partial charge in [0.25, 0.3) is 6.71 Å². The number of benzene rings is 5. The maximum atomic E-state index is 9.37. The van der Waals surface area contributed by atoms with Gasteiger partial charge in [0.05, 0.1) is 13.7 Å². The molecule has 1 aromatic heterocycles. The molecule has 2 nitrogen and oxygen atoms in total. The van der Waals surface area contributed by atoms with Crippen molar-refractivity contribution in [1.29, 1.82) is 0 Å². The number of nitrogens with zero attached hydrogens (tertiary/aromatic N) is 2. The summed E-state index contributed by atoms with van der Waals surface area (Å²) in [4.78, 5) is 3.65. The summed E-state index contributed by atoms with van der Waals surface area (Å²) in [7, 11) is 0. The third-order valence-electron chi connectivity index (χ3n) is 9.74. The highest BCUT2D eigenvalue weighted by Gasteiger charge is 2.46. The van der Waals surface area contributed by atoms with E-state index in [1.54, 1.807) is 11.3 Å². The van der Waals surface area contributed by atoms with E-state index in [9.17, 15) is 5.48 Å². The van der Waals surface area contributed by atoms with Crippen LogP contribution in [0.2, 0.25) is 0 Å². The van der Waals surface area contributed by atoms with Crippen LogP contribution in [0.4, 0.5) is 34.1 Å². The van der Waals surface area contributed by atoms with Crippen LogP contribution in [-0.4, -0.2) is 6.71 Å². The van der Waals surface area contributed by atoms with Gasteiger partial charge in [0, 0.05) is 38.8 Å². The lowest BCUT2D eigenvalue weighted by Gasteiger charge is -2.46. The van der Waals surface area contributed by atoms with Crippen LogP contribution in [0.3, 0.4) is 0 Å². The first kappa shape index (κ1) is 21.6. The lowest BCUT2D eigenvalue weighted by molar-refractivity contribution is 0.590. The number of anilines is 6. The minimum atomic E-state index is -0.487. The minimum Gasteiger partial charge on any atom is -0.311 e. The van der Waals surface area contributed by atoms with E-state index in [4.69, 9.17) is 8.22 Å². The smallest absolute Gasteiger partial charge is 0.252 e. The van der Waals surface area contributed by atoms with Crippen LogP contribution in [0, 0.1) is 0 Å². The Morgan fingerprint density at radius 3 is 1.62 bits per heavy atom. The topological polar surface area (TPSA) is 6.48 Å². The van der Waals surface area contributed by atoms with E-state index in [0.717, 1.165) is 43.2 Å². The summed E-state index contributed by atoms with van der Waals surface area (Å²) >= 11 is 1.64. The molecule has 0 atom stereocenters. The molecule has 0 saturated carbocycles. The maximum Gasteiger partial charge on any atom is 0.252 e. The summed E-state index contributed by atoms with van der Waals surface area (Å²) < 4.78 is 90.7. The van der Waals surface area contributed by atoms with Crippen molar-refractivity contribution in [3.05, 3.63) is 125 Å². The molecule has 8 rings (SSSR count). The predicted octanol–water partition coefficient (Wildman–Crippen LogP) is 10.9. The lowest BCUT2D eigenvalue weighted by Crippen LogP contribution is -2.61. The van der Waals surface area contributed by atoms with E-state index >= 15 is 0 Å². The van der Waals surface area contributed by atoms with Gasteiger partial charge in [-0.2, -0.15) is 0 Å². The van der Waals surface area contributed by atoms with Crippen LogP contribution in [0.25, 0.3) is 10.1 Å². The lowest BCUT2D eigenvalue weighted by atomic mass is 9.32. The van der Waals surface area contributed by atoms with E-state index in [2.05, 4.69) is 98.0 Å². The normalized spacial score (nSPS) is 17.1. The number of fused-ring (bicyclic) bond motifs is 6. The molecule has 2 aliphatic heterocycles. The van der Waals surface area contributed by atoms with Crippen LogP contribution in [0.5, 0.6) is 0 Å². The highest BCUT2D eigenvalue weighted by atomic mass is 32.1. The first-order valence-electron chi connectivity index (χ1n) is 21.5. The van der Waals surface area contributed by atoms with Gasteiger partial charge in [-0.25, -0.2) is 0 Å². The Morgan fingerprint density at radius 1 is 0.562 bits per heavy atom. The number of para-hydroxylation sites is 2. The van der Waals surface area contributed by atoms with Crippen molar-refractivity contribution < 1.29 is 13.7 Å². The van der Waals surface area contributed by atoms with Crippen molar-refractivity contribution in [2.75, 3.05) is 9.80 Å². The van der Waals surface area contributed by atoms with E-state index in [-0.39, 0.29) is 46.4 Å². The molecule has 2 aliphatic rings. The summed E-state index contributed by atoms with van der Waals surface area (Å²) in [6.07, 6.45) is 0. The maximum absolute atomic E-state index is 9.37. The first-order chi connectivity index (χ1) is 26.9. The van der Waals surface area contributed by atoms with Crippen LogP contribution in [0.15, 0.2) is 108 Å². The van der Waals surface area contributed by atoms with Crippen molar-refractivity contribution in [2.45, 2.75) is 78.6 Å². The van der Waals surface area contributed by atoms with E-state index in [1.165, 1.54) is 0 Å². The second kappa shape index (κ2) is 10.6. The highest BCUT2D eigenvalue weighted by Crippen LogP contribution is 2.48. The minimum absolute atomic E-state index is 0.00827. The summed E-state index contributed by atoms with van der Waals surface area (Å²) in [6, 6.07) is 10.4. The van der Waals surface area contributed by atoms with Gasteiger partial charge >= 0.3 is 0 Å². The molecule has 0 radical (unpaired) electrons. The molecule has 6 aromatic rings. The molecule has 0 bridgehead atoms. The zero-order valence-electron chi connectivity index (χ0n) is 39.0. The van der Waals surface area contributed by atoms with Gasteiger partial charge in [-0.1, -0.05) is 111 Å². The molecular formula is C44H45BN2S.